The Labute approximate surface area is 108 Å². The SMILES string of the molecule is O=C([O-])N(CC#CCCl)c1cccc([N+](=O)[O-])c1. The molecule has 0 saturated carbocycles. The summed E-state index contributed by atoms with van der Waals surface area (Å²) in [6, 6.07) is 5.21. The van der Waals surface area contributed by atoms with Gasteiger partial charge in [0, 0.05) is 17.8 Å². The van der Waals surface area contributed by atoms with Crippen LogP contribution in [0.3, 0.4) is 0 Å². The minimum Gasteiger partial charge on any atom is -0.530 e. The second-order valence-corrected chi connectivity index (χ2v) is 3.38. The number of halogens is 1. The van der Waals surface area contributed by atoms with Crippen LogP contribution in [0.1, 0.15) is 0 Å². The number of carbonyl (C=O) groups is 1. The van der Waals surface area contributed by atoms with Crippen LogP contribution in [-0.2, 0) is 0 Å². The molecule has 0 aliphatic heterocycles. The van der Waals surface area contributed by atoms with Crippen LogP contribution >= 0.6 is 11.6 Å². The van der Waals surface area contributed by atoms with Gasteiger partial charge in [0.25, 0.3) is 5.69 Å². The average Bonchev–Trinajstić information content (AvgIpc) is 2.34. The Kier molecular flexibility index (Phi) is 4.96. The Morgan fingerprint density at radius 3 is 2.72 bits per heavy atom. The summed E-state index contributed by atoms with van der Waals surface area (Å²) in [5.74, 6) is 5.09. The highest BCUT2D eigenvalue weighted by atomic mass is 35.5. The summed E-state index contributed by atoms with van der Waals surface area (Å²) in [4.78, 5) is 21.7. The van der Waals surface area contributed by atoms with E-state index in [-0.39, 0.29) is 23.8 Å². The van der Waals surface area contributed by atoms with Gasteiger partial charge in [-0.05, 0) is 6.07 Å². The van der Waals surface area contributed by atoms with E-state index >= 15 is 0 Å². The van der Waals surface area contributed by atoms with Crippen molar-refractivity contribution in [3.05, 3.63) is 34.4 Å². The lowest BCUT2D eigenvalue weighted by atomic mass is 10.2. The predicted molar refractivity (Wildman–Crippen MR) is 64.3 cm³/mol. The molecule has 0 radical (unpaired) electrons. The first-order valence-electron chi connectivity index (χ1n) is 4.81. The molecule has 18 heavy (non-hydrogen) atoms. The Hall–Kier alpha value is -2.26. The van der Waals surface area contributed by atoms with Gasteiger partial charge in [-0.2, -0.15) is 0 Å². The molecule has 94 valence electrons. The molecule has 0 aliphatic carbocycles. The molecule has 0 heterocycles. The zero-order valence-corrected chi connectivity index (χ0v) is 9.88. The van der Waals surface area contributed by atoms with Gasteiger partial charge in [-0.3, -0.25) is 10.1 Å². The van der Waals surface area contributed by atoms with Crippen molar-refractivity contribution in [2.45, 2.75) is 0 Å². The van der Waals surface area contributed by atoms with Crippen molar-refractivity contribution >= 4 is 29.1 Å². The van der Waals surface area contributed by atoms with E-state index in [2.05, 4.69) is 11.8 Å². The molecule has 0 saturated heterocycles. The largest absolute Gasteiger partial charge is 0.530 e. The first kappa shape index (κ1) is 13.8. The molecule has 0 unspecified atom stereocenters. The number of hydrogen-bond acceptors (Lipinski definition) is 4. The van der Waals surface area contributed by atoms with Gasteiger partial charge in [-0.15, -0.1) is 11.6 Å². The molecule has 7 heteroatoms. The number of carbonyl (C=O) groups excluding carboxylic acids is 1. The Bertz CT molecular complexity index is 521. The molecule has 1 aromatic carbocycles. The number of hydrogen-bond donors (Lipinski definition) is 0. The molecule has 1 aromatic rings. The van der Waals surface area contributed by atoms with Gasteiger partial charge in [0.2, 0.25) is 0 Å². The normalized spacial score (nSPS) is 9.17. The van der Waals surface area contributed by atoms with Gasteiger partial charge in [0.1, 0.15) is 6.09 Å². The number of non-ortho nitro benzene ring substituents is 1. The topological polar surface area (TPSA) is 86.5 Å². The molecular weight excluding hydrogens is 260 g/mol. The molecule has 0 atom stereocenters. The van der Waals surface area contributed by atoms with Gasteiger partial charge in [-0.25, -0.2) is 0 Å². The van der Waals surface area contributed by atoms with E-state index in [0.717, 1.165) is 11.0 Å². The van der Waals surface area contributed by atoms with Crippen LogP contribution in [0.5, 0.6) is 0 Å². The van der Waals surface area contributed by atoms with E-state index in [1.165, 1.54) is 18.2 Å². The molecule has 0 spiro atoms. The van der Waals surface area contributed by atoms with Crippen LogP contribution in [0.15, 0.2) is 24.3 Å². The van der Waals surface area contributed by atoms with Gasteiger partial charge < -0.3 is 14.8 Å². The molecule has 1 rings (SSSR count). The van der Waals surface area contributed by atoms with Gasteiger partial charge in [0.15, 0.2) is 0 Å². The van der Waals surface area contributed by atoms with Gasteiger partial charge >= 0.3 is 0 Å². The van der Waals surface area contributed by atoms with Crippen molar-refractivity contribution in [2.24, 2.45) is 0 Å². The lowest BCUT2D eigenvalue weighted by molar-refractivity contribution is -0.384. The van der Waals surface area contributed by atoms with E-state index in [1.54, 1.807) is 0 Å². The number of carboxylic acid groups (broad SMARTS) is 1. The van der Waals surface area contributed by atoms with Crippen molar-refractivity contribution < 1.29 is 14.8 Å². The van der Waals surface area contributed by atoms with E-state index in [0.29, 0.717) is 0 Å². The molecule has 0 N–H and O–H groups in total. The van der Waals surface area contributed by atoms with Crippen LogP contribution in [0.2, 0.25) is 0 Å². The van der Waals surface area contributed by atoms with Crippen molar-refractivity contribution in [1.29, 1.82) is 0 Å². The molecule has 0 fully saturated rings. The van der Waals surface area contributed by atoms with E-state index in [4.69, 9.17) is 11.6 Å². The standard InChI is InChI=1S/C11H9ClN2O4/c12-6-1-2-7-13(11(15)16)9-4-3-5-10(8-9)14(17)18/h3-5,8H,6-7H2,(H,15,16)/p-1. The number of nitro benzene ring substituents is 1. The van der Waals surface area contributed by atoms with E-state index < -0.39 is 11.0 Å². The van der Waals surface area contributed by atoms with Crippen LogP contribution in [0.4, 0.5) is 16.2 Å². The minimum atomic E-state index is -1.49. The highest BCUT2D eigenvalue weighted by Gasteiger charge is 2.11. The summed E-state index contributed by atoms with van der Waals surface area (Å²) in [6.07, 6.45) is -1.49. The number of amides is 1. The lowest BCUT2D eigenvalue weighted by Crippen LogP contribution is -2.41. The Balaban J connectivity index is 3.02. The molecule has 0 aromatic heterocycles. The number of nitro groups is 1. The van der Waals surface area contributed by atoms with Crippen LogP contribution in [0, 0.1) is 22.0 Å². The Morgan fingerprint density at radius 2 is 2.17 bits per heavy atom. The van der Waals surface area contributed by atoms with Crippen molar-refractivity contribution in [3.8, 4) is 11.8 Å². The second-order valence-electron chi connectivity index (χ2n) is 3.12. The third-order valence-corrected chi connectivity index (χ3v) is 2.14. The fourth-order valence-electron chi connectivity index (χ4n) is 1.22. The smallest absolute Gasteiger partial charge is 0.271 e. The summed E-state index contributed by atoms with van der Waals surface area (Å²) >= 11 is 5.33. The zero-order chi connectivity index (χ0) is 13.5. The zero-order valence-electron chi connectivity index (χ0n) is 9.13. The predicted octanol–water partition coefficient (Wildman–Crippen LogP) is 0.987. The van der Waals surface area contributed by atoms with Crippen molar-refractivity contribution in [2.75, 3.05) is 17.3 Å². The summed E-state index contributed by atoms with van der Waals surface area (Å²) in [5, 5.41) is 21.5. The minimum absolute atomic E-state index is 0.0792. The number of anilines is 1. The van der Waals surface area contributed by atoms with Gasteiger partial charge in [-0.1, -0.05) is 17.9 Å². The molecule has 1 amide bonds. The molecule has 0 aliphatic rings. The molecule has 6 nitrogen and oxygen atoms in total. The van der Waals surface area contributed by atoms with Crippen LogP contribution < -0.4 is 10.0 Å². The van der Waals surface area contributed by atoms with Gasteiger partial charge in [0.05, 0.1) is 17.3 Å². The fraction of sp³-hybridized carbons (Fsp3) is 0.182. The van der Waals surface area contributed by atoms with Crippen LogP contribution in [-0.4, -0.2) is 23.4 Å². The maximum absolute atomic E-state index is 10.9. The number of benzene rings is 1. The summed E-state index contributed by atoms with van der Waals surface area (Å²) in [7, 11) is 0. The fourth-order valence-corrected chi connectivity index (χ4v) is 1.31. The summed E-state index contributed by atoms with van der Waals surface area (Å²) in [5.41, 5.74) is -0.0721. The highest BCUT2D eigenvalue weighted by molar-refractivity contribution is 6.19. The quantitative estimate of drug-likeness (QED) is 0.354. The number of nitrogens with zero attached hydrogens (tertiary/aromatic N) is 2. The van der Waals surface area contributed by atoms with E-state index in [1.807, 2.05) is 0 Å². The summed E-state index contributed by atoms with van der Waals surface area (Å²) < 4.78 is 0. The number of rotatable bonds is 3. The van der Waals surface area contributed by atoms with Crippen molar-refractivity contribution in [3.63, 3.8) is 0 Å². The number of alkyl halides is 1. The third kappa shape index (κ3) is 3.64. The second kappa shape index (κ2) is 6.47. The average molecular weight is 268 g/mol. The third-order valence-electron chi connectivity index (χ3n) is 2.00. The first-order valence-corrected chi connectivity index (χ1v) is 5.34. The Morgan fingerprint density at radius 1 is 1.44 bits per heavy atom. The first-order chi connectivity index (χ1) is 8.56. The van der Waals surface area contributed by atoms with Crippen LogP contribution in [0.25, 0.3) is 0 Å². The summed E-state index contributed by atoms with van der Waals surface area (Å²) in [6.45, 7) is -0.157. The van der Waals surface area contributed by atoms with E-state index in [9.17, 15) is 20.0 Å². The highest BCUT2D eigenvalue weighted by Crippen LogP contribution is 2.20. The van der Waals surface area contributed by atoms with Crippen molar-refractivity contribution in [1.82, 2.24) is 0 Å². The lowest BCUT2D eigenvalue weighted by Gasteiger charge is -2.22. The maximum atomic E-state index is 10.9. The monoisotopic (exact) mass is 267 g/mol. The maximum Gasteiger partial charge on any atom is 0.271 e. The molecule has 0 bridgehead atoms. The molecular formula is C11H8ClN2O4-.